The number of pyridine rings is 1. The fourth-order valence-corrected chi connectivity index (χ4v) is 5.56. The topological polar surface area (TPSA) is 71.4 Å². The van der Waals surface area contributed by atoms with E-state index in [1.807, 2.05) is 48.7 Å². The molecule has 5 rings (SSSR count). The SMILES string of the molecule is COc1ccccc1NC(=O)CCN1C(=S)N[C@@H](c2ccccn2)[C@H]1c1ccn(C2CCCC2)c1. The number of hydrogen-bond donors (Lipinski definition) is 2. The van der Waals surface area contributed by atoms with Gasteiger partial charge in [0.2, 0.25) is 5.91 Å². The molecule has 1 amide bonds. The van der Waals surface area contributed by atoms with Crippen LogP contribution in [0.2, 0.25) is 0 Å². The van der Waals surface area contributed by atoms with Gasteiger partial charge in [-0.15, -0.1) is 0 Å². The summed E-state index contributed by atoms with van der Waals surface area (Å²) in [6.45, 7) is 0.495. The number of carbonyl (C=O) groups is 1. The van der Waals surface area contributed by atoms with Gasteiger partial charge < -0.3 is 24.8 Å². The fourth-order valence-electron chi connectivity index (χ4n) is 5.23. The Kier molecular flexibility index (Phi) is 6.99. The maximum atomic E-state index is 12.8. The summed E-state index contributed by atoms with van der Waals surface area (Å²) in [5.41, 5.74) is 2.79. The van der Waals surface area contributed by atoms with Gasteiger partial charge in [0, 0.05) is 37.6 Å². The molecule has 0 unspecified atom stereocenters. The molecule has 2 aliphatic rings. The first-order valence-corrected chi connectivity index (χ1v) is 12.6. The maximum Gasteiger partial charge on any atom is 0.226 e. The molecule has 1 aromatic carbocycles. The number of para-hydroxylation sites is 2. The lowest BCUT2D eigenvalue weighted by atomic mass is 9.99. The zero-order chi connectivity index (χ0) is 24.2. The van der Waals surface area contributed by atoms with Crippen LogP contribution in [0, 0.1) is 0 Å². The lowest BCUT2D eigenvalue weighted by Gasteiger charge is -2.27. The third-order valence-corrected chi connectivity index (χ3v) is 7.34. The first-order chi connectivity index (χ1) is 17.1. The minimum atomic E-state index is -0.0830. The average Bonchev–Trinajstić information content (AvgIpc) is 3.64. The highest BCUT2D eigenvalue weighted by Crippen LogP contribution is 2.40. The Bertz CT molecular complexity index is 1180. The van der Waals surface area contributed by atoms with Crippen molar-refractivity contribution < 1.29 is 9.53 Å². The summed E-state index contributed by atoms with van der Waals surface area (Å²) < 4.78 is 7.71. The molecule has 2 fully saturated rings. The molecular weight excluding hydrogens is 458 g/mol. The second-order valence-corrected chi connectivity index (χ2v) is 9.54. The molecule has 35 heavy (non-hydrogen) atoms. The van der Waals surface area contributed by atoms with E-state index >= 15 is 0 Å². The van der Waals surface area contributed by atoms with Gasteiger partial charge in [-0.1, -0.05) is 31.0 Å². The van der Waals surface area contributed by atoms with E-state index in [2.05, 4.69) is 43.5 Å². The van der Waals surface area contributed by atoms with E-state index in [4.69, 9.17) is 17.0 Å². The van der Waals surface area contributed by atoms with Crippen molar-refractivity contribution in [2.24, 2.45) is 0 Å². The van der Waals surface area contributed by atoms with Gasteiger partial charge in [-0.05, 0) is 61.0 Å². The first kappa shape index (κ1) is 23.4. The molecule has 0 bridgehead atoms. The lowest BCUT2D eigenvalue weighted by molar-refractivity contribution is -0.116. The summed E-state index contributed by atoms with van der Waals surface area (Å²) in [5.74, 6) is 0.557. The number of nitrogens with zero attached hydrogens (tertiary/aromatic N) is 3. The molecule has 3 aromatic rings. The number of benzene rings is 1. The van der Waals surface area contributed by atoms with Gasteiger partial charge in [0.25, 0.3) is 0 Å². The van der Waals surface area contributed by atoms with Crippen molar-refractivity contribution in [3.8, 4) is 5.75 Å². The minimum absolute atomic E-state index is 0.0425. The second-order valence-electron chi connectivity index (χ2n) is 9.15. The number of hydrogen-bond acceptors (Lipinski definition) is 4. The molecule has 0 spiro atoms. The molecule has 2 aromatic heterocycles. The van der Waals surface area contributed by atoms with Gasteiger partial charge in [0.15, 0.2) is 5.11 Å². The molecule has 1 saturated carbocycles. The van der Waals surface area contributed by atoms with E-state index in [0.717, 1.165) is 5.69 Å². The lowest BCUT2D eigenvalue weighted by Crippen LogP contribution is -2.32. The molecular formula is C27H31N5O2S. The molecule has 2 atom stereocenters. The van der Waals surface area contributed by atoms with Crippen molar-refractivity contribution in [3.63, 3.8) is 0 Å². The van der Waals surface area contributed by atoms with Crippen molar-refractivity contribution >= 4 is 28.9 Å². The van der Waals surface area contributed by atoms with Crippen LogP contribution in [0.4, 0.5) is 5.69 Å². The second kappa shape index (κ2) is 10.5. The quantitative estimate of drug-likeness (QED) is 0.434. The van der Waals surface area contributed by atoms with Gasteiger partial charge in [-0.25, -0.2) is 0 Å². The van der Waals surface area contributed by atoms with E-state index < -0.39 is 0 Å². The monoisotopic (exact) mass is 489 g/mol. The number of ether oxygens (including phenoxy) is 1. The Morgan fingerprint density at radius 3 is 2.74 bits per heavy atom. The summed E-state index contributed by atoms with van der Waals surface area (Å²) in [5, 5.41) is 7.08. The van der Waals surface area contributed by atoms with Crippen molar-refractivity contribution in [2.45, 2.75) is 50.2 Å². The van der Waals surface area contributed by atoms with Crippen molar-refractivity contribution in [2.75, 3.05) is 19.0 Å². The van der Waals surface area contributed by atoms with Gasteiger partial charge in [-0.3, -0.25) is 9.78 Å². The fraction of sp³-hybridized carbons (Fsp3) is 0.370. The van der Waals surface area contributed by atoms with Crippen LogP contribution in [-0.2, 0) is 4.79 Å². The third kappa shape index (κ3) is 5.03. The predicted octanol–water partition coefficient (Wildman–Crippen LogP) is 5.01. The molecule has 1 aliphatic carbocycles. The molecule has 2 N–H and O–H groups in total. The van der Waals surface area contributed by atoms with Gasteiger partial charge >= 0.3 is 0 Å². The van der Waals surface area contributed by atoms with Crippen LogP contribution in [0.5, 0.6) is 5.75 Å². The highest BCUT2D eigenvalue weighted by molar-refractivity contribution is 7.80. The summed E-state index contributed by atoms with van der Waals surface area (Å²) >= 11 is 5.76. The number of anilines is 1. The van der Waals surface area contributed by atoms with Crippen LogP contribution >= 0.6 is 12.2 Å². The Labute approximate surface area is 211 Å². The van der Waals surface area contributed by atoms with Gasteiger partial charge in [-0.2, -0.15) is 0 Å². The van der Waals surface area contributed by atoms with Crippen molar-refractivity contribution in [3.05, 3.63) is 78.4 Å². The van der Waals surface area contributed by atoms with E-state index in [-0.39, 0.29) is 18.0 Å². The molecule has 1 saturated heterocycles. The highest BCUT2D eigenvalue weighted by atomic mass is 32.1. The number of aromatic nitrogens is 2. The molecule has 1 aliphatic heterocycles. The van der Waals surface area contributed by atoms with Crippen LogP contribution in [-0.4, -0.2) is 39.1 Å². The number of rotatable bonds is 8. The van der Waals surface area contributed by atoms with Crippen LogP contribution in [0.15, 0.2) is 67.1 Å². The Balaban J connectivity index is 1.36. The van der Waals surface area contributed by atoms with Crippen LogP contribution in [0.1, 0.15) is 61.5 Å². The van der Waals surface area contributed by atoms with Gasteiger partial charge in [0.05, 0.1) is 30.6 Å². The van der Waals surface area contributed by atoms with Crippen LogP contribution in [0.3, 0.4) is 0 Å². The van der Waals surface area contributed by atoms with Crippen molar-refractivity contribution in [1.82, 2.24) is 19.8 Å². The van der Waals surface area contributed by atoms with Crippen LogP contribution < -0.4 is 15.4 Å². The number of methoxy groups -OCH3 is 1. The summed E-state index contributed by atoms with van der Waals surface area (Å²) in [7, 11) is 1.60. The summed E-state index contributed by atoms with van der Waals surface area (Å²) in [6.07, 6.45) is 11.6. The third-order valence-electron chi connectivity index (χ3n) is 6.98. The van der Waals surface area contributed by atoms with Crippen molar-refractivity contribution in [1.29, 1.82) is 0 Å². The number of carbonyl (C=O) groups excluding carboxylic acids is 1. The summed E-state index contributed by atoms with van der Waals surface area (Å²) in [6, 6.07) is 16.0. The zero-order valence-corrected chi connectivity index (χ0v) is 20.7. The predicted molar refractivity (Wildman–Crippen MR) is 140 cm³/mol. The summed E-state index contributed by atoms with van der Waals surface area (Å²) in [4.78, 5) is 19.6. The number of nitrogens with one attached hydrogen (secondary N) is 2. The van der Waals surface area contributed by atoms with E-state index in [1.165, 1.54) is 31.2 Å². The molecule has 7 nitrogen and oxygen atoms in total. The molecule has 3 heterocycles. The largest absolute Gasteiger partial charge is 0.495 e. The Morgan fingerprint density at radius 2 is 1.97 bits per heavy atom. The normalized spacial score (nSPS) is 20.1. The smallest absolute Gasteiger partial charge is 0.226 e. The molecule has 8 heteroatoms. The number of amides is 1. The minimum Gasteiger partial charge on any atom is -0.495 e. The Morgan fingerprint density at radius 1 is 1.17 bits per heavy atom. The van der Waals surface area contributed by atoms with Gasteiger partial charge in [0.1, 0.15) is 5.75 Å². The molecule has 0 radical (unpaired) electrons. The molecule has 182 valence electrons. The van der Waals surface area contributed by atoms with Crippen LogP contribution in [0.25, 0.3) is 0 Å². The zero-order valence-electron chi connectivity index (χ0n) is 19.9. The highest BCUT2D eigenvalue weighted by Gasteiger charge is 2.40. The average molecular weight is 490 g/mol. The maximum absolute atomic E-state index is 12.8. The standard InChI is InChI=1S/C27H31N5O2S/c1-34-23-12-5-4-10-21(23)29-24(33)14-17-32-26(19-13-16-31(18-19)20-8-2-3-9-20)25(30-27(32)35)22-11-6-7-15-28-22/h4-7,10-13,15-16,18,20,25-26H,2-3,8-9,14,17H2,1H3,(H,29,33)(H,30,35)/t25-,26+/m0/s1. The first-order valence-electron chi connectivity index (χ1n) is 12.2. The van der Waals surface area contributed by atoms with E-state index in [0.29, 0.717) is 35.6 Å². The Hall–Kier alpha value is -3.39. The van der Waals surface area contributed by atoms with E-state index in [9.17, 15) is 4.79 Å². The van der Waals surface area contributed by atoms with E-state index in [1.54, 1.807) is 7.11 Å². The number of thiocarbonyl (C=S) groups is 1.